The average molecular weight is 561 g/mol. The van der Waals surface area contributed by atoms with Crippen molar-refractivity contribution < 1.29 is 22.4 Å². The molecule has 39 heavy (non-hydrogen) atoms. The molecule has 0 spiro atoms. The summed E-state index contributed by atoms with van der Waals surface area (Å²) in [5, 5.41) is 6.27. The van der Waals surface area contributed by atoms with Gasteiger partial charge in [-0.25, -0.2) is 18.3 Å². The van der Waals surface area contributed by atoms with Crippen LogP contribution in [0.15, 0.2) is 47.7 Å². The van der Waals surface area contributed by atoms with E-state index in [1.807, 2.05) is 0 Å². The van der Waals surface area contributed by atoms with Gasteiger partial charge in [0.25, 0.3) is 5.56 Å². The van der Waals surface area contributed by atoms with Crippen molar-refractivity contribution in [3.8, 4) is 28.3 Å². The zero-order chi connectivity index (χ0) is 27.8. The number of halogens is 5. The summed E-state index contributed by atoms with van der Waals surface area (Å²) >= 11 is 5.76. The van der Waals surface area contributed by atoms with Gasteiger partial charge >= 0.3 is 6.55 Å². The number of pyridine rings is 1. The molecule has 1 aliphatic heterocycles. The minimum atomic E-state index is -3.14. The molecule has 1 atom stereocenters. The molecule has 0 radical (unpaired) electrons. The fraction of sp³-hybridized carbons (Fsp3) is 0.269. The zero-order valence-corrected chi connectivity index (χ0v) is 21.2. The second-order valence-corrected chi connectivity index (χ2v) is 9.55. The van der Waals surface area contributed by atoms with Crippen LogP contribution >= 0.6 is 11.6 Å². The van der Waals surface area contributed by atoms with Crippen LogP contribution in [-0.2, 0) is 11.2 Å². The van der Waals surface area contributed by atoms with Crippen LogP contribution in [0.2, 0.25) is 5.02 Å². The molecule has 202 valence electrons. The SMILES string of the molecule is CC1CCCCc2cc(ccn2)-c2c(c(-n3cnc(-c4c(F)ccc(Cl)c4F)cc3=O)nn2C(F)F)NC1=O. The number of aryl methyl sites for hydroxylation is 1. The molecule has 4 aromatic rings. The van der Waals surface area contributed by atoms with Gasteiger partial charge in [0.1, 0.15) is 23.5 Å². The van der Waals surface area contributed by atoms with Crippen molar-refractivity contribution in [2.24, 2.45) is 5.92 Å². The Kier molecular flexibility index (Phi) is 7.21. The lowest BCUT2D eigenvalue weighted by atomic mass is 9.99. The highest BCUT2D eigenvalue weighted by atomic mass is 35.5. The van der Waals surface area contributed by atoms with Gasteiger partial charge in [0.2, 0.25) is 5.91 Å². The lowest BCUT2D eigenvalue weighted by Gasteiger charge is -2.16. The summed E-state index contributed by atoms with van der Waals surface area (Å²) in [4.78, 5) is 34.5. The first-order valence-electron chi connectivity index (χ1n) is 12.1. The number of rotatable bonds is 3. The predicted molar refractivity (Wildman–Crippen MR) is 136 cm³/mol. The molecular weight excluding hydrogens is 540 g/mol. The third-order valence-corrected chi connectivity index (χ3v) is 6.81. The summed E-state index contributed by atoms with van der Waals surface area (Å²) < 4.78 is 58.7. The Balaban J connectivity index is 1.73. The number of alkyl halides is 2. The molecule has 0 aliphatic carbocycles. The molecule has 8 nitrogen and oxygen atoms in total. The van der Waals surface area contributed by atoms with Crippen molar-refractivity contribution in [2.45, 2.75) is 39.2 Å². The van der Waals surface area contributed by atoms with E-state index in [2.05, 4.69) is 20.4 Å². The van der Waals surface area contributed by atoms with Gasteiger partial charge < -0.3 is 5.32 Å². The molecule has 13 heteroatoms. The minimum Gasteiger partial charge on any atom is -0.321 e. The van der Waals surface area contributed by atoms with E-state index in [9.17, 15) is 27.2 Å². The molecule has 1 unspecified atom stereocenters. The quantitative estimate of drug-likeness (QED) is 0.253. The first-order chi connectivity index (χ1) is 18.7. The third-order valence-electron chi connectivity index (χ3n) is 6.52. The summed E-state index contributed by atoms with van der Waals surface area (Å²) in [6.07, 6.45) is 5.03. The number of amides is 1. The largest absolute Gasteiger partial charge is 0.333 e. The highest BCUT2D eigenvalue weighted by Crippen LogP contribution is 2.37. The first-order valence-corrected chi connectivity index (χ1v) is 12.4. The normalized spacial score (nSPS) is 15.9. The number of carbonyl (C=O) groups excluding carboxylic acids is 1. The van der Waals surface area contributed by atoms with Crippen molar-refractivity contribution >= 4 is 23.2 Å². The second-order valence-electron chi connectivity index (χ2n) is 9.14. The van der Waals surface area contributed by atoms with Crippen molar-refractivity contribution in [3.63, 3.8) is 0 Å². The second kappa shape index (κ2) is 10.6. The topological polar surface area (TPSA) is 94.7 Å². The van der Waals surface area contributed by atoms with Crippen LogP contribution in [0.25, 0.3) is 28.3 Å². The third kappa shape index (κ3) is 5.03. The molecule has 0 saturated carbocycles. The van der Waals surface area contributed by atoms with Gasteiger partial charge in [-0.1, -0.05) is 24.9 Å². The van der Waals surface area contributed by atoms with E-state index < -0.39 is 41.1 Å². The van der Waals surface area contributed by atoms with Gasteiger partial charge in [-0.05, 0) is 43.5 Å². The Morgan fingerprint density at radius 3 is 2.64 bits per heavy atom. The number of anilines is 1. The Labute approximate surface area is 224 Å². The van der Waals surface area contributed by atoms with Crippen LogP contribution in [0, 0.1) is 17.6 Å². The summed E-state index contributed by atoms with van der Waals surface area (Å²) in [5.41, 5.74) is -1.15. The van der Waals surface area contributed by atoms with E-state index in [-0.39, 0.29) is 27.9 Å². The monoisotopic (exact) mass is 560 g/mol. The van der Waals surface area contributed by atoms with Crippen LogP contribution < -0.4 is 10.9 Å². The van der Waals surface area contributed by atoms with Gasteiger partial charge in [0.15, 0.2) is 11.6 Å². The fourth-order valence-electron chi connectivity index (χ4n) is 4.48. The molecule has 3 aromatic heterocycles. The van der Waals surface area contributed by atoms with Gasteiger partial charge in [-0.3, -0.25) is 14.6 Å². The summed E-state index contributed by atoms with van der Waals surface area (Å²) in [5.74, 6) is -3.35. The van der Waals surface area contributed by atoms with E-state index in [0.29, 0.717) is 28.8 Å². The molecule has 5 rings (SSSR count). The standard InChI is InChI=1S/C26H21ClF4N6O2/c1-13-4-2-3-5-15-10-14(8-9-32-15)23-22(34-25(13)39)24(35-37(23)26(30)31)36-12-33-18(11-19(36)38)20-17(28)7-6-16(27)21(20)29/h6-13,26H,2-5H2,1H3,(H,34,39). The number of nitrogens with zero attached hydrogens (tertiary/aromatic N) is 5. The highest BCUT2D eigenvalue weighted by Gasteiger charge is 2.29. The number of carbonyl (C=O) groups is 1. The maximum atomic E-state index is 14.5. The van der Waals surface area contributed by atoms with Gasteiger partial charge in [0, 0.05) is 29.4 Å². The fourth-order valence-corrected chi connectivity index (χ4v) is 4.64. The Bertz CT molecular complexity index is 1640. The number of nitrogens with one attached hydrogen (secondary N) is 1. The van der Waals surface area contributed by atoms with Crippen molar-refractivity contribution in [1.82, 2.24) is 24.3 Å². The molecular formula is C26H21ClF4N6O2. The molecule has 1 aromatic carbocycles. The summed E-state index contributed by atoms with van der Waals surface area (Å²) in [7, 11) is 0. The van der Waals surface area contributed by atoms with Crippen LogP contribution in [0.4, 0.5) is 23.2 Å². The molecule has 1 N–H and O–H groups in total. The zero-order valence-electron chi connectivity index (χ0n) is 20.5. The van der Waals surface area contributed by atoms with Crippen LogP contribution in [-0.4, -0.2) is 30.2 Å². The molecule has 4 heterocycles. The minimum absolute atomic E-state index is 0.132. The lowest BCUT2D eigenvalue weighted by Crippen LogP contribution is -2.24. The maximum Gasteiger partial charge on any atom is 0.333 e. The predicted octanol–water partition coefficient (Wildman–Crippen LogP) is 5.79. The average Bonchev–Trinajstić information content (AvgIpc) is 3.27. The lowest BCUT2D eigenvalue weighted by molar-refractivity contribution is -0.119. The first kappa shape index (κ1) is 26.5. The summed E-state index contributed by atoms with van der Waals surface area (Å²) in [6.45, 7) is -1.42. The molecule has 2 bridgehead atoms. The molecule has 1 amide bonds. The van der Waals surface area contributed by atoms with E-state index in [1.54, 1.807) is 13.0 Å². The van der Waals surface area contributed by atoms with Gasteiger partial charge in [0.05, 0.1) is 16.3 Å². The number of aromatic nitrogens is 5. The van der Waals surface area contributed by atoms with Crippen molar-refractivity contribution in [1.29, 1.82) is 0 Å². The van der Waals surface area contributed by atoms with Gasteiger partial charge in [-0.15, -0.1) is 5.10 Å². The number of fused-ring (bicyclic) bond motifs is 4. The van der Waals surface area contributed by atoms with Gasteiger partial charge in [-0.2, -0.15) is 13.5 Å². The van der Waals surface area contributed by atoms with Crippen LogP contribution in [0.5, 0.6) is 0 Å². The Morgan fingerprint density at radius 2 is 1.90 bits per heavy atom. The van der Waals surface area contributed by atoms with Crippen molar-refractivity contribution in [3.05, 3.63) is 75.6 Å². The highest BCUT2D eigenvalue weighted by molar-refractivity contribution is 6.31. The number of hydrogen-bond acceptors (Lipinski definition) is 5. The smallest absolute Gasteiger partial charge is 0.321 e. The van der Waals surface area contributed by atoms with E-state index in [0.717, 1.165) is 41.9 Å². The number of hydrogen-bond donors (Lipinski definition) is 1. The summed E-state index contributed by atoms with van der Waals surface area (Å²) in [6, 6.07) is 5.92. The van der Waals surface area contributed by atoms with Crippen molar-refractivity contribution in [2.75, 3.05) is 5.32 Å². The molecule has 0 saturated heterocycles. The van der Waals surface area contributed by atoms with E-state index >= 15 is 0 Å². The Morgan fingerprint density at radius 1 is 1.10 bits per heavy atom. The van der Waals surface area contributed by atoms with Crippen LogP contribution in [0.1, 0.15) is 38.4 Å². The number of benzene rings is 1. The Hall–Kier alpha value is -4.06. The maximum absolute atomic E-state index is 14.5. The van der Waals surface area contributed by atoms with E-state index in [1.165, 1.54) is 12.3 Å². The van der Waals surface area contributed by atoms with E-state index in [4.69, 9.17) is 11.6 Å². The van der Waals surface area contributed by atoms with Crippen LogP contribution in [0.3, 0.4) is 0 Å². The molecule has 1 aliphatic rings. The molecule has 0 fully saturated rings.